The Labute approximate surface area is 174 Å². The van der Waals surface area contributed by atoms with Gasteiger partial charge in [0.1, 0.15) is 0 Å². The second-order valence-electron chi connectivity index (χ2n) is 6.94. The van der Waals surface area contributed by atoms with E-state index in [1.165, 1.54) is 4.90 Å². The minimum atomic E-state index is -0.250. The van der Waals surface area contributed by atoms with Crippen LogP contribution >= 0.6 is 0 Å². The molecular formula is C22H25N3O5. The van der Waals surface area contributed by atoms with Crippen LogP contribution in [0, 0.1) is 13.8 Å². The Morgan fingerprint density at radius 2 is 1.77 bits per heavy atom. The van der Waals surface area contributed by atoms with Gasteiger partial charge in [-0.1, -0.05) is 30.3 Å². The minimum Gasteiger partial charge on any atom is -0.504 e. The Morgan fingerprint density at radius 3 is 2.33 bits per heavy atom. The van der Waals surface area contributed by atoms with E-state index in [1.54, 1.807) is 36.8 Å². The van der Waals surface area contributed by atoms with E-state index in [1.807, 2.05) is 32.0 Å². The van der Waals surface area contributed by atoms with Gasteiger partial charge in [-0.25, -0.2) is 4.98 Å². The summed E-state index contributed by atoms with van der Waals surface area (Å²) in [5.41, 5.74) is 3.50. The number of aromatic hydroxyl groups is 1. The lowest BCUT2D eigenvalue weighted by atomic mass is 9.99. The smallest absolute Gasteiger partial charge is 0.290 e. The van der Waals surface area contributed by atoms with Gasteiger partial charge in [0.2, 0.25) is 0 Å². The summed E-state index contributed by atoms with van der Waals surface area (Å²) in [6.45, 7) is 3.49. The number of hydrogen-bond donors (Lipinski definition) is 2. The summed E-state index contributed by atoms with van der Waals surface area (Å²) in [6.07, 6.45) is 2.16. The van der Waals surface area contributed by atoms with Crippen LogP contribution in [0.5, 0.6) is 5.75 Å². The maximum atomic E-state index is 12.7. The lowest BCUT2D eigenvalue weighted by molar-refractivity contribution is -0.122. The number of carbonyl (C=O) groups is 3. The van der Waals surface area contributed by atoms with Crippen LogP contribution in [0.4, 0.5) is 0 Å². The molecule has 0 atom stereocenters. The molecule has 2 heterocycles. The monoisotopic (exact) mass is 411 g/mol. The number of amides is 1. The third-order valence-corrected chi connectivity index (χ3v) is 4.80. The third kappa shape index (κ3) is 4.65. The Kier molecular flexibility index (Phi) is 7.30. The molecule has 0 saturated carbocycles. The minimum absolute atomic E-state index is 0.0335. The summed E-state index contributed by atoms with van der Waals surface area (Å²) in [5.74, 6) is -0.297. The second kappa shape index (κ2) is 9.69. The molecule has 158 valence electrons. The number of carboxylic acid groups (broad SMARTS) is 1. The molecule has 30 heavy (non-hydrogen) atoms. The lowest BCUT2D eigenvalue weighted by Gasteiger charge is -2.16. The number of aromatic nitrogens is 2. The first-order chi connectivity index (χ1) is 14.2. The molecule has 3 rings (SSSR count). The molecule has 0 fully saturated rings. The number of nitrogens with zero attached hydrogens (tertiary/aromatic N) is 3. The summed E-state index contributed by atoms with van der Waals surface area (Å²) in [7, 11) is 3.32. The van der Waals surface area contributed by atoms with Crippen LogP contribution in [0.2, 0.25) is 0 Å². The standard InChI is InChI=1S/C21H23N3O3.CH2O2/c1-13-14(2)24-12-17(21(27)23(3)4)16(19(26)20(24)22-13)10-11-18(25)15-8-6-5-7-9-15;2-1-3/h5-9,12,26H,10-11H2,1-4H3;1H,(H,2,3). The summed E-state index contributed by atoms with van der Waals surface area (Å²) < 4.78 is 1.73. The molecule has 0 spiro atoms. The summed E-state index contributed by atoms with van der Waals surface area (Å²) in [4.78, 5) is 39.4. The van der Waals surface area contributed by atoms with E-state index in [0.717, 1.165) is 11.4 Å². The second-order valence-corrected chi connectivity index (χ2v) is 6.94. The topological polar surface area (TPSA) is 112 Å². The van der Waals surface area contributed by atoms with Crippen molar-refractivity contribution in [2.75, 3.05) is 14.1 Å². The highest BCUT2D eigenvalue weighted by atomic mass is 16.3. The molecule has 3 aromatic rings. The van der Waals surface area contributed by atoms with Crippen molar-refractivity contribution < 1.29 is 24.6 Å². The van der Waals surface area contributed by atoms with Crippen LogP contribution in [-0.4, -0.2) is 56.8 Å². The molecule has 0 bridgehead atoms. The maximum absolute atomic E-state index is 12.7. The molecule has 0 saturated heterocycles. The molecule has 0 radical (unpaired) electrons. The fraction of sp³-hybridized carbons (Fsp3) is 0.273. The lowest BCUT2D eigenvalue weighted by Crippen LogP contribution is -2.24. The zero-order chi connectivity index (χ0) is 22.4. The normalized spacial score (nSPS) is 10.3. The number of hydrogen-bond acceptors (Lipinski definition) is 5. The van der Waals surface area contributed by atoms with Crippen molar-refractivity contribution >= 4 is 23.8 Å². The molecule has 2 N–H and O–H groups in total. The van der Waals surface area contributed by atoms with Crippen LogP contribution < -0.4 is 0 Å². The fourth-order valence-electron chi connectivity index (χ4n) is 3.11. The van der Waals surface area contributed by atoms with Crippen molar-refractivity contribution in [1.82, 2.24) is 14.3 Å². The summed E-state index contributed by atoms with van der Waals surface area (Å²) >= 11 is 0. The van der Waals surface area contributed by atoms with E-state index < -0.39 is 0 Å². The Morgan fingerprint density at radius 1 is 1.17 bits per heavy atom. The van der Waals surface area contributed by atoms with E-state index in [0.29, 0.717) is 22.3 Å². The van der Waals surface area contributed by atoms with Crippen molar-refractivity contribution in [3.05, 3.63) is 64.6 Å². The summed E-state index contributed by atoms with van der Waals surface area (Å²) in [5, 5.41) is 17.7. The van der Waals surface area contributed by atoms with Gasteiger partial charge in [0.15, 0.2) is 17.2 Å². The van der Waals surface area contributed by atoms with Crippen LogP contribution in [-0.2, 0) is 11.2 Å². The maximum Gasteiger partial charge on any atom is 0.290 e. The largest absolute Gasteiger partial charge is 0.504 e. The van der Waals surface area contributed by atoms with Gasteiger partial charge in [0.25, 0.3) is 12.4 Å². The Balaban J connectivity index is 0.00000101. The fourth-order valence-corrected chi connectivity index (χ4v) is 3.11. The molecule has 0 aliphatic rings. The SMILES string of the molecule is Cc1nc2c(O)c(CCC(=O)c3ccccc3)c(C(=O)N(C)C)cn2c1C.O=CO. The predicted octanol–water partition coefficient (Wildman–Crippen LogP) is 2.87. The van der Waals surface area contributed by atoms with Crippen molar-refractivity contribution in [3.63, 3.8) is 0 Å². The Bertz CT molecular complexity index is 1070. The molecule has 0 aliphatic heterocycles. The van der Waals surface area contributed by atoms with Gasteiger partial charge in [-0.2, -0.15) is 0 Å². The van der Waals surface area contributed by atoms with Crippen LogP contribution in [0.3, 0.4) is 0 Å². The van der Waals surface area contributed by atoms with Gasteiger partial charge in [-0.05, 0) is 20.3 Å². The van der Waals surface area contributed by atoms with Gasteiger partial charge in [0.05, 0.1) is 11.3 Å². The number of pyridine rings is 1. The van der Waals surface area contributed by atoms with E-state index in [9.17, 15) is 14.7 Å². The molecular weight excluding hydrogens is 386 g/mol. The number of fused-ring (bicyclic) bond motifs is 1. The molecule has 1 aromatic carbocycles. The highest BCUT2D eigenvalue weighted by molar-refractivity contribution is 5.98. The van der Waals surface area contributed by atoms with Crippen LogP contribution in [0.1, 0.15) is 44.1 Å². The number of carbonyl (C=O) groups excluding carboxylic acids is 2. The van der Waals surface area contributed by atoms with Crippen LogP contribution in [0.25, 0.3) is 5.65 Å². The first-order valence-corrected chi connectivity index (χ1v) is 9.30. The number of Topliss-reactive ketones (excluding diaryl/α,β-unsaturated/α-hetero) is 1. The number of rotatable bonds is 5. The van der Waals surface area contributed by atoms with E-state index in [4.69, 9.17) is 9.90 Å². The average molecular weight is 411 g/mol. The average Bonchev–Trinajstić information content (AvgIpc) is 3.02. The predicted molar refractivity (Wildman–Crippen MR) is 112 cm³/mol. The number of imidazole rings is 1. The van der Waals surface area contributed by atoms with E-state index in [2.05, 4.69) is 4.98 Å². The molecule has 1 amide bonds. The molecule has 8 nitrogen and oxygen atoms in total. The molecule has 0 aliphatic carbocycles. The zero-order valence-corrected chi connectivity index (χ0v) is 17.4. The highest BCUT2D eigenvalue weighted by Crippen LogP contribution is 2.30. The molecule has 2 aromatic heterocycles. The van der Waals surface area contributed by atoms with Gasteiger partial charge in [-0.3, -0.25) is 14.4 Å². The van der Waals surface area contributed by atoms with Crippen LogP contribution in [0.15, 0.2) is 36.5 Å². The van der Waals surface area contributed by atoms with Gasteiger partial charge in [0, 0.05) is 43.5 Å². The van der Waals surface area contributed by atoms with E-state index >= 15 is 0 Å². The number of ketones is 1. The quantitative estimate of drug-likeness (QED) is 0.493. The van der Waals surface area contributed by atoms with Crippen molar-refractivity contribution in [2.24, 2.45) is 0 Å². The highest BCUT2D eigenvalue weighted by Gasteiger charge is 2.23. The number of aryl methyl sites for hydroxylation is 2. The first-order valence-electron chi connectivity index (χ1n) is 9.30. The number of benzene rings is 1. The summed E-state index contributed by atoms with van der Waals surface area (Å²) in [6, 6.07) is 9.01. The van der Waals surface area contributed by atoms with E-state index in [-0.39, 0.29) is 36.8 Å². The zero-order valence-electron chi connectivity index (χ0n) is 17.4. The van der Waals surface area contributed by atoms with Crippen molar-refractivity contribution in [1.29, 1.82) is 0 Å². The molecule has 0 unspecified atom stereocenters. The Hall–Kier alpha value is -3.68. The molecule has 8 heteroatoms. The van der Waals surface area contributed by atoms with Gasteiger partial charge in [-0.15, -0.1) is 0 Å². The van der Waals surface area contributed by atoms with Crippen molar-refractivity contribution in [3.8, 4) is 5.75 Å². The van der Waals surface area contributed by atoms with Gasteiger partial charge < -0.3 is 19.5 Å². The van der Waals surface area contributed by atoms with Crippen molar-refractivity contribution in [2.45, 2.75) is 26.7 Å². The first kappa shape index (κ1) is 22.6. The van der Waals surface area contributed by atoms with Gasteiger partial charge >= 0.3 is 0 Å². The third-order valence-electron chi connectivity index (χ3n) is 4.80.